The molecule has 0 rings (SSSR count). The Morgan fingerprint density at radius 3 is 2.27 bits per heavy atom. The van der Waals surface area contributed by atoms with Gasteiger partial charge in [-0.15, -0.1) is 0 Å². The van der Waals surface area contributed by atoms with Gasteiger partial charge in [-0.3, -0.25) is 0 Å². The van der Waals surface area contributed by atoms with Gasteiger partial charge in [0.1, 0.15) is 0 Å². The highest BCUT2D eigenvalue weighted by Crippen LogP contribution is 2.05. The molecule has 5 heteroatoms. The van der Waals surface area contributed by atoms with Crippen LogP contribution in [0.25, 0.3) is 0 Å². The average Bonchev–Trinajstić information content (AvgIpc) is 2.00. The van der Waals surface area contributed by atoms with E-state index in [2.05, 4.69) is 23.9 Å². The summed E-state index contributed by atoms with van der Waals surface area (Å²) in [5.41, 5.74) is 0. The lowest BCUT2D eigenvalue weighted by Crippen LogP contribution is -2.35. The van der Waals surface area contributed by atoms with Gasteiger partial charge in [-0.2, -0.15) is 0 Å². The van der Waals surface area contributed by atoms with Crippen molar-refractivity contribution in [3.63, 3.8) is 0 Å². The molecule has 0 aliphatic heterocycles. The van der Waals surface area contributed by atoms with Crippen molar-refractivity contribution in [3.05, 3.63) is 0 Å². The Hall–Kier alpha value is -0.130. The average molecular weight is 236 g/mol. The molecule has 0 heterocycles. The van der Waals surface area contributed by atoms with E-state index in [-0.39, 0.29) is 11.8 Å². The summed E-state index contributed by atoms with van der Waals surface area (Å²) in [6.45, 7) is 6.83. The summed E-state index contributed by atoms with van der Waals surface area (Å²) in [7, 11) is -1.27. The molecule has 2 N–H and O–H groups in total. The fourth-order valence-electron chi connectivity index (χ4n) is 1.56. The van der Waals surface area contributed by atoms with Crippen molar-refractivity contribution >= 4 is 10.0 Å². The standard InChI is InChI=1S/C10H24N2O2S/c1-9(2)8-10(3)12-15(13,14)7-5-6-11-4/h9-12H,5-8H2,1-4H3. The predicted octanol–water partition coefficient (Wildman–Crippen LogP) is 0.950. The Morgan fingerprint density at radius 1 is 1.20 bits per heavy atom. The van der Waals surface area contributed by atoms with E-state index in [1.165, 1.54) is 0 Å². The van der Waals surface area contributed by atoms with E-state index < -0.39 is 10.0 Å². The molecule has 0 saturated carbocycles. The minimum absolute atomic E-state index is 0.0320. The Labute approximate surface area is 93.9 Å². The zero-order valence-corrected chi connectivity index (χ0v) is 11.0. The highest BCUT2D eigenvalue weighted by atomic mass is 32.2. The molecule has 0 bridgehead atoms. The third-order valence-electron chi connectivity index (χ3n) is 2.05. The Morgan fingerprint density at radius 2 is 1.80 bits per heavy atom. The van der Waals surface area contributed by atoms with Crippen molar-refractivity contribution in [1.29, 1.82) is 0 Å². The Bertz CT molecular complexity index is 250. The van der Waals surface area contributed by atoms with Gasteiger partial charge in [-0.25, -0.2) is 13.1 Å². The molecule has 0 aliphatic rings. The third kappa shape index (κ3) is 8.84. The third-order valence-corrected chi connectivity index (χ3v) is 3.63. The minimum atomic E-state index is -3.09. The summed E-state index contributed by atoms with van der Waals surface area (Å²) in [4.78, 5) is 0. The second kappa shape index (κ2) is 7.19. The van der Waals surface area contributed by atoms with E-state index in [0.29, 0.717) is 12.3 Å². The molecule has 0 aromatic heterocycles. The smallest absolute Gasteiger partial charge is 0.211 e. The SMILES string of the molecule is CNCCCS(=O)(=O)NC(C)CC(C)C. The van der Waals surface area contributed by atoms with Crippen molar-refractivity contribution in [2.45, 2.75) is 39.7 Å². The zero-order chi connectivity index (χ0) is 11.9. The molecule has 0 saturated heterocycles. The highest BCUT2D eigenvalue weighted by molar-refractivity contribution is 7.89. The molecule has 0 aromatic rings. The van der Waals surface area contributed by atoms with Crippen LogP contribution in [0.4, 0.5) is 0 Å². The van der Waals surface area contributed by atoms with Gasteiger partial charge >= 0.3 is 0 Å². The Kier molecular flexibility index (Phi) is 7.13. The van der Waals surface area contributed by atoms with Gasteiger partial charge < -0.3 is 5.32 Å². The van der Waals surface area contributed by atoms with Crippen LogP contribution in [0.15, 0.2) is 0 Å². The molecule has 0 radical (unpaired) electrons. The molecule has 0 aromatic carbocycles. The van der Waals surface area contributed by atoms with Crippen LogP contribution < -0.4 is 10.0 Å². The van der Waals surface area contributed by atoms with E-state index >= 15 is 0 Å². The second-order valence-corrected chi connectivity index (χ2v) is 6.30. The Balaban J connectivity index is 3.91. The van der Waals surface area contributed by atoms with Gasteiger partial charge in [-0.1, -0.05) is 13.8 Å². The first kappa shape index (κ1) is 14.9. The highest BCUT2D eigenvalue weighted by Gasteiger charge is 2.14. The van der Waals surface area contributed by atoms with Crippen LogP contribution in [0.3, 0.4) is 0 Å². The summed E-state index contributed by atoms with van der Waals surface area (Å²) in [5, 5.41) is 2.93. The predicted molar refractivity (Wildman–Crippen MR) is 64.4 cm³/mol. The first-order valence-corrected chi connectivity index (χ1v) is 7.17. The number of hydrogen-bond acceptors (Lipinski definition) is 3. The van der Waals surface area contributed by atoms with Crippen LogP contribution in [0.2, 0.25) is 0 Å². The maximum absolute atomic E-state index is 11.6. The molecule has 15 heavy (non-hydrogen) atoms. The summed E-state index contributed by atoms with van der Waals surface area (Å²) < 4.78 is 25.8. The van der Waals surface area contributed by atoms with Crippen LogP contribution in [-0.4, -0.2) is 33.8 Å². The first-order chi connectivity index (χ1) is 6.87. The van der Waals surface area contributed by atoms with E-state index in [4.69, 9.17) is 0 Å². The van der Waals surface area contributed by atoms with E-state index in [1.54, 1.807) is 0 Å². The lowest BCUT2D eigenvalue weighted by molar-refractivity contribution is 0.482. The van der Waals surface area contributed by atoms with E-state index in [0.717, 1.165) is 13.0 Å². The molecule has 92 valence electrons. The normalized spacial score (nSPS) is 14.5. The number of rotatable bonds is 8. The van der Waals surface area contributed by atoms with Gasteiger partial charge in [0.25, 0.3) is 0 Å². The first-order valence-electron chi connectivity index (χ1n) is 5.52. The van der Waals surface area contributed by atoms with Gasteiger partial charge in [-0.05, 0) is 39.3 Å². The fraction of sp³-hybridized carbons (Fsp3) is 1.00. The van der Waals surface area contributed by atoms with Crippen molar-refractivity contribution in [3.8, 4) is 0 Å². The van der Waals surface area contributed by atoms with Crippen molar-refractivity contribution in [2.24, 2.45) is 5.92 Å². The molecule has 4 nitrogen and oxygen atoms in total. The quantitative estimate of drug-likeness (QED) is 0.617. The van der Waals surface area contributed by atoms with Gasteiger partial charge in [0, 0.05) is 6.04 Å². The van der Waals surface area contributed by atoms with Gasteiger partial charge in [0.05, 0.1) is 5.75 Å². The largest absolute Gasteiger partial charge is 0.320 e. The molecule has 1 unspecified atom stereocenters. The second-order valence-electron chi connectivity index (χ2n) is 4.42. The number of sulfonamides is 1. The lowest BCUT2D eigenvalue weighted by Gasteiger charge is -2.15. The van der Waals surface area contributed by atoms with Crippen molar-refractivity contribution in [1.82, 2.24) is 10.0 Å². The summed E-state index contributed by atoms with van der Waals surface area (Å²) >= 11 is 0. The molecular formula is C10H24N2O2S. The topological polar surface area (TPSA) is 58.2 Å². The zero-order valence-electron chi connectivity index (χ0n) is 10.2. The molecule has 0 fully saturated rings. The lowest BCUT2D eigenvalue weighted by atomic mass is 10.1. The fourth-order valence-corrected chi connectivity index (χ4v) is 2.91. The van der Waals surface area contributed by atoms with Crippen LogP contribution in [0, 0.1) is 5.92 Å². The molecular weight excluding hydrogens is 212 g/mol. The minimum Gasteiger partial charge on any atom is -0.320 e. The number of hydrogen-bond donors (Lipinski definition) is 2. The molecule has 0 aliphatic carbocycles. The molecule has 0 spiro atoms. The molecule has 0 amide bonds. The number of nitrogens with one attached hydrogen (secondary N) is 2. The maximum Gasteiger partial charge on any atom is 0.211 e. The van der Waals surface area contributed by atoms with Crippen LogP contribution >= 0.6 is 0 Å². The van der Waals surface area contributed by atoms with Crippen molar-refractivity contribution in [2.75, 3.05) is 19.3 Å². The monoisotopic (exact) mass is 236 g/mol. The van der Waals surface area contributed by atoms with Gasteiger partial charge in [0.2, 0.25) is 10.0 Å². The van der Waals surface area contributed by atoms with Crippen LogP contribution in [0.1, 0.15) is 33.6 Å². The van der Waals surface area contributed by atoms with Crippen molar-refractivity contribution < 1.29 is 8.42 Å². The summed E-state index contributed by atoms with van der Waals surface area (Å²) in [6, 6.07) is 0.0320. The summed E-state index contributed by atoms with van der Waals surface area (Å²) in [6.07, 6.45) is 1.53. The van der Waals surface area contributed by atoms with Crippen LogP contribution in [-0.2, 0) is 10.0 Å². The van der Waals surface area contributed by atoms with E-state index in [9.17, 15) is 8.42 Å². The van der Waals surface area contributed by atoms with Crippen LogP contribution in [0.5, 0.6) is 0 Å². The van der Waals surface area contributed by atoms with E-state index in [1.807, 2.05) is 14.0 Å². The maximum atomic E-state index is 11.6. The molecule has 1 atom stereocenters. The van der Waals surface area contributed by atoms with Gasteiger partial charge in [0.15, 0.2) is 0 Å². The summed E-state index contributed by atoms with van der Waals surface area (Å²) in [5.74, 6) is 0.719.